The molecule has 0 amide bonds. The number of methoxy groups -OCH3 is 1. The first-order chi connectivity index (χ1) is 9.11. The van der Waals surface area contributed by atoms with Gasteiger partial charge in [0.1, 0.15) is 16.6 Å². The molecule has 1 atom stereocenters. The second kappa shape index (κ2) is 6.08. The van der Waals surface area contributed by atoms with Crippen LogP contribution in [0.2, 0.25) is 0 Å². The van der Waals surface area contributed by atoms with Gasteiger partial charge in [0.05, 0.1) is 0 Å². The van der Waals surface area contributed by atoms with Crippen LogP contribution in [0.1, 0.15) is 43.0 Å². The third-order valence-electron chi connectivity index (χ3n) is 2.99. The van der Waals surface area contributed by atoms with Crippen LogP contribution in [0.25, 0.3) is 0 Å². The minimum Gasteiger partial charge on any atom is -0.369 e. The SMILES string of the molecule is COC(c1ccccc1)c1nc(=S)cc(C(C)C)[nH]1. The molecule has 100 valence electrons. The average molecular weight is 274 g/mol. The topological polar surface area (TPSA) is 37.9 Å². The maximum absolute atomic E-state index is 5.57. The van der Waals surface area contributed by atoms with E-state index < -0.39 is 0 Å². The van der Waals surface area contributed by atoms with E-state index >= 15 is 0 Å². The molecule has 1 unspecified atom stereocenters. The second-order valence-electron chi connectivity index (χ2n) is 4.74. The predicted octanol–water partition coefficient (Wildman–Crippen LogP) is 4.00. The van der Waals surface area contributed by atoms with Crippen molar-refractivity contribution in [2.75, 3.05) is 7.11 Å². The van der Waals surface area contributed by atoms with Gasteiger partial charge in [0.2, 0.25) is 0 Å². The van der Waals surface area contributed by atoms with Gasteiger partial charge in [0.15, 0.2) is 0 Å². The van der Waals surface area contributed by atoms with Crippen LogP contribution >= 0.6 is 12.2 Å². The number of ether oxygens (including phenoxy) is 1. The van der Waals surface area contributed by atoms with Gasteiger partial charge in [0, 0.05) is 12.8 Å². The number of rotatable bonds is 4. The normalized spacial score (nSPS) is 12.6. The fraction of sp³-hybridized carbons (Fsp3) is 0.333. The first-order valence-corrected chi connectivity index (χ1v) is 6.71. The third-order valence-corrected chi connectivity index (χ3v) is 3.20. The summed E-state index contributed by atoms with van der Waals surface area (Å²) in [7, 11) is 1.68. The maximum atomic E-state index is 5.57. The van der Waals surface area contributed by atoms with Crippen LogP contribution in [0, 0.1) is 4.64 Å². The summed E-state index contributed by atoms with van der Waals surface area (Å²) in [5, 5.41) is 0. The second-order valence-corrected chi connectivity index (χ2v) is 5.16. The van der Waals surface area contributed by atoms with Crippen molar-refractivity contribution in [1.29, 1.82) is 0 Å². The Labute approximate surface area is 118 Å². The number of benzene rings is 1. The summed E-state index contributed by atoms with van der Waals surface area (Å²) in [5.74, 6) is 1.13. The summed E-state index contributed by atoms with van der Waals surface area (Å²) in [6, 6.07) is 11.9. The van der Waals surface area contributed by atoms with Crippen molar-refractivity contribution < 1.29 is 4.74 Å². The van der Waals surface area contributed by atoms with Crippen molar-refractivity contribution >= 4 is 12.2 Å². The molecule has 0 radical (unpaired) electrons. The van der Waals surface area contributed by atoms with Crippen LogP contribution < -0.4 is 0 Å². The zero-order chi connectivity index (χ0) is 13.8. The van der Waals surface area contributed by atoms with E-state index in [0.717, 1.165) is 17.1 Å². The number of aromatic nitrogens is 2. The fourth-order valence-electron chi connectivity index (χ4n) is 1.96. The Morgan fingerprint density at radius 2 is 1.89 bits per heavy atom. The highest BCUT2D eigenvalue weighted by Crippen LogP contribution is 2.23. The first kappa shape index (κ1) is 13.9. The highest BCUT2D eigenvalue weighted by molar-refractivity contribution is 7.71. The Balaban J connectivity index is 2.47. The maximum Gasteiger partial charge on any atom is 0.141 e. The molecule has 0 aliphatic heterocycles. The van der Waals surface area contributed by atoms with E-state index in [2.05, 4.69) is 23.8 Å². The number of nitrogens with zero attached hydrogens (tertiary/aromatic N) is 1. The number of hydrogen-bond acceptors (Lipinski definition) is 3. The van der Waals surface area contributed by atoms with Gasteiger partial charge in [-0.05, 0) is 17.5 Å². The highest BCUT2D eigenvalue weighted by Gasteiger charge is 2.16. The molecule has 1 N–H and O–H groups in total. The monoisotopic (exact) mass is 274 g/mol. The van der Waals surface area contributed by atoms with Gasteiger partial charge in [-0.3, -0.25) is 0 Å². The minimum absolute atomic E-state index is 0.221. The lowest BCUT2D eigenvalue weighted by molar-refractivity contribution is 0.128. The molecule has 0 bridgehead atoms. The molecule has 0 saturated carbocycles. The van der Waals surface area contributed by atoms with Crippen LogP contribution in [0.15, 0.2) is 36.4 Å². The van der Waals surface area contributed by atoms with Crippen LogP contribution in [0.5, 0.6) is 0 Å². The fourth-order valence-corrected chi connectivity index (χ4v) is 2.19. The highest BCUT2D eigenvalue weighted by atomic mass is 32.1. The van der Waals surface area contributed by atoms with E-state index in [1.54, 1.807) is 7.11 Å². The molecule has 1 heterocycles. The average Bonchev–Trinajstić information content (AvgIpc) is 2.40. The lowest BCUT2D eigenvalue weighted by Gasteiger charge is -2.17. The molecule has 1 aromatic heterocycles. The Morgan fingerprint density at radius 3 is 2.47 bits per heavy atom. The summed E-state index contributed by atoms with van der Waals surface area (Å²) in [6.07, 6.45) is -0.221. The summed E-state index contributed by atoms with van der Waals surface area (Å²) < 4.78 is 6.17. The zero-order valence-electron chi connectivity index (χ0n) is 11.4. The lowest BCUT2D eigenvalue weighted by Crippen LogP contribution is -2.10. The number of H-pyrrole nitrogens is 1. The molecule has 0 aliphatic carbocycles. The van der Waals surface area contributed by atoms with Crippen molar-refractivity contribution in [3.63, 3.8) is 0 Å². The molecule has 1 aromatic carbocycles. The van der Waals surface area contributed by atoms with E-state index in [4.69, 9.17) is 17.0 Å². The van der Waals surface area contributed by atoms with Crippen molar-refractivity contribution in [2.45, 2.75) is 25.9 Å². The molecule has 0 aliphatic rings. The van der Waals surface area contributed by atoms with Crippen LogP contribution in [-0.4, -0.2) is 17.1 Å². The van der Waals surface area contributed by atoms with E-state index in [9.17, 15) is 0 Å². The molecular formula is C15H18N2OS. The van der Waals surface area contributed by atoms with E-state index in [-0.39, 0.29) is 6.10 Å². The summed E-state index contributed by atoms with van der Waals surface area (Å²) >= 11 is 5.24. The Kier molecular flexibility index (Phi) is 4.45. The van der Waals surface area contributed by atoms with Gasteiger partial charge >= 0.3 is 0 Å². The smallest absolute Gasteiger partial charge is 0.141 e. The lowest BCUT2D eigenvalue weighted by atomic mass is 10.1. The Bertz CT molecular complexity index is 593. The van der Waals surface area contributed by atoms with Crippen molar-refractivity contribution in [2.24, 2.45) is 0 Å². The minimum atomic E-state index is -0.221. The first-order valence-electron chi connectivity index (χ1n) is 6.30. The van der Waals surface area contributed by atoms with Gasteiger partial charge in [-0.25, -0.2) is 4.98 Å². The largest absolute Gasteiger partial charge is 0.369 e. The molecule has 4 heteroatoms. The zero-order valence-corrected chi connectivity index (χ0v) is 12.2. The quantitative estimate of drug-likeness (QED) is 0.856. The van der Waals surface area contributed by atoms with Crippen LogP contribution in [0.3, 0.4) is 0 Å². The Morgan fingerprint density at radius 1 is 1.21 bits per heavy atom. The Hall–Kier alpha value is -1.52. The summed E-state index contributed by atoms with van der Waals surface area (Å²) in [5.41, 5.74) is 2.14. The molecule has 2 aromatic rings. The molecule has 0 saturated heterocycles. The van der Waals surface area contributed by atoms with Crippen molar-refractivity contribution in [1.82, 2.24) is 9.97 Å². The molecule has 19 heavy (non-hydrogen) atoms. The van der Waals surface area contributed by atoms with Crippen LogP contribution in [0.4, 0.5) is 0 Å². The van der Waals surface area contributed by atoms with Gasteiger partial charge < -0.3 is 9.72 Å². The summed E-state index contributed by atoms with van der Waals surface area (Å²) in [4.78, 5) is 7.73. The van der Waals surface area contributed by atoms with E-state index in [0.29, 0.717) is 10.6 Å². The van der Waals surface area contributed by atoms with E-state index in [1.165, 1.54) is 0 Å². The molecule has 3 nitrogen and oxygen atoms in total. The number of hydrogen-bond donors (Lipinski definition) is 1. The standard InChI is InChI=1S/C15H18N2OS/c1-10(2)12-9-13(19)17-15(16-12)14(18-3)11-7-5-4-6-8-11/h4-10,14H,1-3H3,(H,16,17,19). The number of nitrogens with one attached hydrogen (secondary N) is 1. The van der Waals surface area contributed by atoms with Crippen LogP contribution in [-0.2, 0) is 4.74 Å². The van der Waals surface area contributed by atoms with E-state index in [1.807, 2.05) is 36.4 Å². The molecular weight excluding hydrogens is 256 g/mol. The van der Waals surface area contributed by atoms with Gasteiger partial charge in [-0.2, -0.15) is 0 Å². The molecule has 0 spiro atoms. The number of aromatic amines is 1. The van der Waals surface area contributed by atoms with Crippen molar-refractivity contribution in [3.8, 4) is 0 Å². The van der Waals surface area contributed by atoms with Gasteiger partial charge in [-0.1, -0.05) is 56.4 Å². The molecule has 0 fully saturated rings. The van der Waals surface area contributed by atoms with Crippen molar-refractivity contribution in [3.05, 3.63) is 58.1 Å². The summed E-state index contributed by atoms with van der Waals surface area (Å²) in [6.45, 7) is 4.24. The predicted molar refractivity (Wildman–Crippen MR) is 78.8 cm³/mol. The van der Waals surface area contributed by atoms with Gasteiger partial charge in [0.25, 0.3) is 0 Å². The molecule has 2 rings (SSSR count). The third kappa shape index (κ3) is 3.28. The van der Waals surface area contributed by atoms with Gasteiger partial charge in [-0.15, -0.1) is 0 Å².